The molecule has 0 radical (unpaired) electrons. The van der Waals surface area contributed by atoms with Crippen molar-refractivity contribution in [3.05, 3.63) is 28.8 Å². The van der Waals surface area contributed by atoms with Gasteiger partial charge < -0.3 is 20.5 Å². The number of ether oxygens (including phenoxy) is 1. The van der Waals surface area contributed by atoms with Crippen molar-refractivity contribution in [2.45, 2.75) is 39.2 Å². The van der Waals surface area contributed by atoms with Crippen molar-refractivity contribution in [2.75, 3.05) is 32.1 Å². The van der Waals surface area contributed by atoms with Crippen LogP contribution in [0, 0.1) is 5.41 Å². The summed E-state index contributed by atoms with van der Waals surface area (Å²) >= 11 is 0. The third-order valence-electron chi connectivity index (χ3n) is 5.69. The molecule has 6 heteroatoms. The van der Waals surface area contributed by atoms with E-state index in [2.05, 4.69) is 35.4 Å². The Morgan fingerprint density at radius 3 is 2.56 bits per heavy atom. The second-order valence-corrected chi connectivity index (χ2v) is 7.91. The first-order valence-corrected chi connectivity index (χ1v) is 9.41. The smallest absolute Gasteiger partial charge is 0.142 e. The molecule has 1 aliphatic carbocycles. The highest BCUT2D eigenvalue weighted by Crippen LogP contribution is 2.49. The summed E-state index contributed by atoms with van der Waals surface area (Å²) in [5, 5.41) is 9.91. The van der Waals surface area contributed by atoms with Crippen LogP contribution in [-0.2, 0) is 6.42 Å². The third-order valence-corrected chi connectivity index (χ3v) is 5.69. The monoisotopic (exact) mass is 370 g/mol. The van der Waals surface area contributed by atoms with E-state index in [0.717, 1.165) is 60.6 Å². The van der Waals surface area contributed by atoms with Gasteiger partial charge in [0, 0.05) is 31.3 Å². The molecule has 0 spiro atoms. The Morgan fingerprint density at radius 1 is 1.33 bits per heavy atom. The number of rotatable bonds is 4. The second kappa shape index (κ2) is 7.35. The highest BCUT2D eigenvalue weighted by molar-refractivity contribution is 6.06. The number of anilines is 1. The van der Waals surface area contributed by atoms with Gasteiger partial charge in [-0.3, -0.25) is 9.98 Å². The van der Waals surface area contributed by atoms with E-state index in [1.807, 2.05) is 12.1 Å². The van der Waals surface area contributed by atoms with Crippen molar-refractivity contribution in [2.24, 2.45) is 21.1 Å². The van der Waals surface area contributed by atoms with Gasteiger partial charge in [-0.2, -0.15) is 0 Å². The SMILES string of the molecule is C=NC1=C(C(N)=NC)C(C)(C)Cc2c1ccc(OC)c2N1CCC(O)CC1. The van der Waals surface area contributed by atoms with Gasteiger partial charge in [0.2, 0.25) is 0 Å². The zero-order chi connectivity index (χ0) is 19.8. The average molecular weight is 370 g/mol. The molecular weight excluding hydrogens is 340 g/mol. The highest BCUT2D eigenvalue weighted by Gasteiger charge is 2.38. The lowest BCUT2D eigenvalue weighted by atomic mass is 9.70. The number of aliphatic hydroxyl groups excluding tert-OH is 1. The minimum absolute atomic E-state index is 0.222. The third kappa shape index (κ3) is 3.34. The zero-order valence-electron chi connectivity index (χ0n) is 16.7. The van der Waals surface area contributed by atoms with E-state index in [9.17, 15) is 5.11 Å². The number of aliphatic hydroxyl groups is 1. The van der Waals surface area contributed by atoms with Crippen LogP contribution < -0.4 is 15.4 Å². The van der Waals surface area contributed by atoms with E-state index in [-0.39, 0.29) is 11.5 Å². The fourth-order valence-corrected chi connectivity index (χ4v) is 4.35. The van der Waals surface area contributed by atoms with Crippen molar-refractivity contribution in [1.82, 2.24) is 0 Å². The van der Waals surface area contributed by atoms with Crippen LogP contribution in [0.5, 0.6) is 5.75 Å². The second-order valence-electron chi connectivity index (χ2n) is 7.91. The molecule has 1 fully saturated rings. The van der Waals surface area contributed by atoms with Gasteiger partial charge in [0.05, 0.1) is 24.6 Å². The molecule has 1 aromatic carbocycles. The van der Waals surface area contributed by atoms with Gasteiger partial charge in [0.1, 0.15) is 11.6 Å². The lowest BCUT2D eigenvalue weighted by Crippen LogP contribution is -2.38. The molecule has 1 aromatic rings. The first-order valence-electron chi connectivity index (χ1n) is 9.41. The van der Waals surface area contributed by atoms with Gasteiger partial charge in [-0.05, 0) is 49.1 Å². The van der Waals surface area contributed by atoms with Crippen LogP contribution in [0.25, 0.3) is 5.70 Å². The van der Waals surface area contributed by atoms with E-state index in [4.69, 9.17) is 10.5 Å². The van der Waals surface area contributed by atoms with E-state index in [1.54, 1.807) is 14.2 Å². The number of hydrogen-bond donors (Lipinski definition) is 2. The standard InChI is InChI=1S/C21H30N4O2/c1-21(2)12-15-14(18(23-3)17(21)20(22)24-4)6-7-16(27-5)19(15)25-10-8-13(26)9-11-25/h6-7,13,26H,3,8-12H2,1-2,4-5H3,(H2,22,24). The summed E-state index contributed by atoms with van der Waals surface area (Å²) in [6, 6.07) is 4.03. The summed E-state index contributed by atoms with van der Waals surface area (Å²) in [4.78, 5) is 10.9. The Bertz CT molecular complexity index is 803. The molecule has 3 N–H and O–H groups in total. The molecular formula is C21H30N4O2. The van der Waals surface area contributed by atoms with Crippen molar-refractivity contribution in [3.63, 3.8) is 0 Å². The minimum atomic E-state index is -0.233. The number of amidine groups is 1. The Labute approximate surface area is 161 Å². The summed E-state index contributed by atoms with van der Waals surface area (Å²) in [6.07, 6.45) is 2.11. The maximum absolute atomic E-state index is 9.91. The first kappa shape index (κ1) is 19.4. The van der Waals surface area contributed by atoms with Crippen LogP contribution in [0.3, 0.4) is 0 Å². The number of fused-ring (bicyclic) bond motifs is 1. The molecule has 0 unspecified atom stereocenters. The van der Waals surface area contributed by atoms with Crippen molar-refractivity contribution >= 4 is 23.9 Å². The summed E-state index contributed by atoms with van der Waals surface area (Å²) in [5.41, 5.74) is 11.1. The van der Waals surface area contributed by atoms with Gasteiger partial charge in [-0.1, -0.05) is 13.8 Å². The van der Waals surface area contributed by atoms with Crippen LogP contribution in [0.4, 0.5) is 5.69 Å². The fourth-order valence-electron chi connectivity index (χ4n) is 4.35. The molecule has 1 heterocycles. The van der Waals surface area contributed by atoms with Crippen molar-refractivity contribution < 1.29 is 9.84 Å². The molecule has 1 aliphatic heterocycles. The lowest BCUT2D eigenvalue weighted by Gasteiger charge is -2.39. The molecule has 0 amide bonds. The summed E-state index contributed by atoms with van der Waals surface area (Å²) in [7, 11) is 3.40. The quantitative estimate of drug-likeness (QED) is 0.630. The first-order chi connectivity index (χ1) is 12.8. The maximum Gasteiger partial charge on any atom is 0.142 e. The normalized spacial score (nSPS) is 20.5. The molecule has 1 saturated heterocycles. The number of benzene rings is 1. The van der Waals surface area contributed by atoms with Gasteiger partial charge in [-0.25, -0.2) is 0 Å². The van der Waals surface area contributed by atoms with Crippen LogP contribution in [0.1, 0.15) is 37.8 Å². The summed E-state index contributed by atoms with van der Waals surface area (Å²) in [6.45, 7) is 9.75. The number of aliphatic imine (C=N–C) groups is 2. The van der Waals surface area contributed by atoms with Crippen molar-refractivity contribution in [1.29, 1.82) is 0 Å². The Balaban J connectivity index is 2.23. The molecule has 0 aromatic heterocycles. The van der Waals surface area contributed by atoms with Gasteiger partial charge in [-0.15, -0.1) is 0 Å². The van der Waals surface area contributed by atoms with E-state index < -0.39 is 0 Å². The Hall–Kier alpha value is -2.34. The number of piperidine rings is 1. The van der Waals surface area contributed by atoms with Crippen molar-refractivity contribution in [3.8, 4) is 5.75 Å². The largest absolute Gasteiger partial charge is 0.495 e. The zero-order valence-corrected chi connectivity index (χ0v) is 16.7. The molecule has 0 bridgehead atoms. The Kier molecular flexibility index (Phi) is 5.29. The highest BCUT2D eigenvalue weighted by atomic mass is 16.5. The van der Waals surface area contributed by atoms with Crippen LogP contribution in [0.2, 0.25) is 0 Å². The predicted molar refractivity (Wildman–Crippen MR) is 112 cm³/mol. The van der Waals surface area contributed by atoms with Crippen LogP contribution in [0.15, 0.2) is 27.7 Å². The van der Waals surface area contributed by atoms with Gasteiger partial charge >= 0.3 is 0 Å². The van der Waals surface area contributed by atoms with E-state index in [0.29, 0.717) is 5.84 Å². The molecule has 6 nitrogen and oxygen atoms in total. The number of nitrogens with two attached hydrogens (primary N) is 1. The molecule has 2 aliphatic rings. The summed E-state index contributed by atoms with van der Waals surface area (Å²) in [5.74, 6) is 1.36. The number of methoxy groups -OCH3 is 1. The van der Waals surface area contributed by atoms with Gasteiger partial charge in [0.15, 0.2) is 0 Å². The average Bonchev–Trinajstić information content (AvgIpc) is 2.65. The topological polar surface area (TPSA) is 83.4 Å². The lowest BCUT2D eigenvalue weighted by molar-refractivity contribution is 0.145. The number of nitrogens with zero attached hydrogens (tertiary/aromatic N) is 3. The molecule has 0 atom stereocenters. The molecule has 27 heavy (non-hydrogen) atoms. The Morgan fingerprint density at radius 2 is 2.00 bits per heavy atom. The van der Waals surface area contributed by atoms with Crippen LogP contribution in [-0.4, -0.2) is 51.0 Å². The fraction of sp³-hybridized carbons (Fsp3) is 0.524. The molecule has 3 rings (SSSR count). The predicted octanol–water partition coefficient (Wildman–Crippen LogP) is 2.64. The van der Waals surface area contributed by atoms with E-state index in [1.165, 1.54) is 5.56 Å². The maximum atomic E-state index is 9.91. The summed E-state index contributed by atoms with van der Waals surface area (Å²) < 4.78 is 5.71. The number of hydrogen-bond acceptors (Lipinski definition) is 5. The van der Waals surface area contributed by atoms with Gasteiger partial charge in [0.25, 0.3) is 0 Å². The molecule has 146 valence electrons. The van der Waals surface area contributed by atoms with E-state index >= 15 is 0 Å². The molecule has 0 saturated carbocycles. The minimum Gasteiger partial charge on any atom is -0.495 e. The van der Waals surface area contributed by atoms with Crippen LogP contribution >= 0.6 is 0 Å².